The number of hydrogen-bond acceptors (Lipinski definition) is 4. The largest absolute Gasteiger partial charge is 0.497 e. The lowest BCUT2D eigenvalue weighted by atomic mass is 9.99. The lowest BCUT2D eigenvalue weighted by molar-refractivity contribution is -0.142. The van der Waals surface area contributed by atoms with E-state index in [4.69, 9.17) is 9.47 Å². The van der Waals surface area contributed by atoms with Crippen molar-refractivity contribution in [2.45, 2.75) is 33.2 Å². The van der Waals surface area contributed by atoms with Crippen LogP contribution in [0.5, 0.6) is 5.75 Å². The third-order valence-corrected chi connectivity index (χ3v) is 3.89. The molecule has 0 N–H and O–H groups in total. The lowest BCUT2D eigenvalue weighted by Gasteiger charge is -2.11. The van der Waals surface area contributed by atoms with E-state index in [-0.39, 0.29) is 11.9 Å². The number of ether oxygens (including phenoxy) is 2. The molecule has 0 spiro atoms. The number of carbonyl (C=O) groups is 1. The maximum Gasteiger partial charge on any atom is 0.312 e. The second-order valence-electron chi connectivity index (χ2n) is 5.34. The quantitative estimate of drug-likeness (QED) is 0.797. The Labute approximate surface area is 130 Å². The van der Waals surface area contributed by atoms with Gasteiger partial charge < -0.3 is 9.47 Å². The van der Waals surface area contributed by atoms with Crippen molar-refractivity contribution in [1.29, 1.82) is 0 Å². The molecular weight excluding hydrogens is 280 g/mol. The summed E-state index contributed by atoms with van der Waals surface area (Å²) in [6.07, 6.45) is 0. The summed E-state index contributed by atoms with van der Waals surface area (Å²) in [4.78, 5) is 11.8. The van der Waals surface area contributed by atoms with E-state index in [2.05, 4.69) is 5.10 Å². The summed E-state index contributed by atoms with van der Waals surface area (Å²) in [5.41, 5.74) is 3.88. The molecule has 1 aromatic carbocycles. The normalized spacial score (nSPS) is 12.0. The SMILES string of the molecule is COC(=O)[C@@H](C)c1c(C)nn(Cc2cccc(OC)c2)c1C. The van der Waals surface area contributed by atoms with Gasteiger partial charge >= 0.3 is 5.97 Å². The minimum absolute atomic E-state index is 0.243. The molecule has 2 rings (SSSR count). The average molecular weight is 302 g/mol. The first-order valence-corrected chi connectivity index (χ1v) is 7.22. The molecule has 0 saturated carbocycles. The van der Waals surface area contributed by atoms with Gasteiger partial charge in [0.2, 0.25) is 0 Å². The predicted molar refractivity (Wildman–Crippen MR) is 84.2 cm³/mol. The predicted octanol–water partition coefficient (Wildman–Crippen LogP) is 2.83. The van der Waals surface area contributed by atoms with E-state index in [9.17, 15) is 4.79 Å². The zero-order valence-corrected chi connectivity index (χ0v) is 13.7. The summed E-state index contributed by atoms with van der Waals surface area (Å²) in [7, 11) is 3.06. The Morgan fingerprint density at radius 1 is 1.32 bits per heavy atom. The summed E-state index contributed by atoms with van der Waals surface area (Å²) in [6, 6.07) is 7.88. The van der Waals surface area contributed by atoms with Crippen molar-refractivity contribution in [3.05, 3.63) is 46.8 Å². The highest BCUT2D eigenvalue weighted by Gasteiger charge is 2.23. The molecule has 0 bridgehead atoms. The van der Waals surface area contributed by atoms with Crippen LogP contribution in [0.15, 0.2) is 24.3 Å². The number of benzene rings is 1. The first-order valence-electron chi connectivity index (χ1n) is 7.22. The van der Waals surface area contributed by atoms with Crippen LogP contribution < -0.4 is 4.74 Å². The number of carbonyl (C=O) groups excluding carboxylic acids is 1. The zero-order chi connectivity index (χ0) is 16.3. The zero-order valence-electron chi connectivity index (χ0n) is 13.7. The van der Waals surface area contributed by atoms with E-state index in [1.165, 1.54) is 7.11 Å². The van der Waals surface area contributed by atoms with Crippen LogP contribution in [0.3, 0.4) is 0 Å². The summed E-state index contributed by atoms with van der Waals surface area (Å²) in [5, 5.41) is 4.57. The number of aryl methyl sites for hydroxylation is 1. The highest BCUT2D eigenvalue weighted by atomic mass is 16.5. The Morgan fingerprint density at radius 2 is 2.05 bits per heavy atom. The van der Waals surface area contributed by atoms with E-state index in [1.807, 2.05) is 49.7 Å². The maximum absolute atomic E-state index is 11.8. The van der Waals surface area contributed by atoms with Gasteiger partial charge in [-0.3, -0.25) is 9.48 Å². The Bertz CT molecular complexity index is 677. The van der Waals surface area contributed by atoms with Gasteiger partial charge in [0.25, 0.3) is 0 Å². The smallest absolute Gasteiger partial charge is 0.312 e. The maximum atomic E-state index is 11.8. The van der Waals surface area contributed by atoms with E-state index in [0.717, 1.165) is 28.3 Å². The fraction of sp³-hybridized carbons (Fsp3) is 0.412. The monoisotopic (exact) mass is 302 g/mol. The van der Waals surface area contributed by atoms with Gasteiger partial charge in [0.1, 0.15) is 5.75 Å². The van der Waals surface area contributed by atoms with Crippen LogP contribution in [-0.2, 0) is 16.1 Å². The molecule has 0 radical (unpaired) electrons. The van der Waals surface area contributed by atoms with Crippen molar-refractivity contribution in [3.63, 3.8) is 0 Å². The molecule has 5 heteroatoms. The van der Waals surface area contributed by atoms with Gasteiger partial charge in [-0.25, -0.2) is 0 Å². The number of hydrogen-bond donors (Lipinski definition) is 0. The van der Waals surface area contributed by atoms with Crippen LogP contribution in [0.1, 0.15) is 35.4 Å². The number of esters is 1. The van der Waals surface area contributed by atoms with Gasteiger partial charge in [-0.2, -0.15) is 5.10 Å². The Hall–Kier alpha value is -2.30. The lowest BCUT2D eigenvalue weighted by Crippen LogP contribution is -2.13. The summed E-state index contributed by atoms with van der Waals surface area (Å²) in [5.74, 6) is 0.262. The molecule has 1 heterocycles. The molecule has 118 valence electrons. The van der Waals surface area contributed by atoms with Gasteiger partial charge in [-0.15, -0.1) is 0 Å². The first kappa shape index (κ1) is 16.1. The fourth-order valence-corrected chi connectivity index (χ4v) is 2.73. The molecule has 2 aromatic rings. The van der Waals surface area contributed by atoms with Gasteiger partial charge in [0.05, 0.1) is 32.4 Å². The molecule has 0 fully saturated rings. The third kappa shape index (κ3) is 3.13. The second kappa shape index (κ2) is 6.64. The van der Waals surface area contributed by atoms with Gasteiger partial charge in [-0.1, -0.05) is 12.1 Å². The van der Waals surface area contributed by atoms with Crippen LogP contribution in [-0.4, -0.2) is 30.0 Å². The van der Waals surface area contributed by atoms with Crippen molar-refractivity contribution in [1.82, 2.24) is 9.78 Å². The molecule has 1 atom stereocenters. The third-order valence-electron chi connectivity index (χ3n) is 3.89. The number of aromatic nitrogens is 2. The van der Waals surface area contributed by atoms with Crippen molar-refractivity contribution in [2.24, 2.45) is 0 Å². The topological polar surface area (TPSA) is 53.3 Å². The van der Waals surface area contributed by atoms with Gasteiger partial charge in [-0.05, 0) is 38.5 Å². The van der Waals surface area contributed by atoms with E-state index < -0.39 is 0 Å². The molecule has 0 saturated heterocycles. The van der Waals surface area contributed by atoms with Crippen molar-refractivity contribution in [3.8, 4) is 5.75 Å². The fourth-order valence-electron chi connectivity index (χ4n) is 2.73. The van der Waals surface area contributed by atoms with Crippen LogP contribution >= 0.6 is 0 Å². The van der Waals surface area contributed by atoms with Gasteiger partial charge in [0, 0.05) is 11.3 Å². The Morgan fingerprint density at radius 3 is 2.68 bits per heavy atom. The van der Waals surface area contributed by atoms with Crippen LogP contribution in [0, 0.1) is 13.8 Å². The highest BCUT2D eigenvalue weighted by Crippen LogP contribution is 2.25. The van der Waals surface area contributed by atoms with E-state index >= 15 is 0 Å². The first-order chi connectivity index (χ1) is 10.5. The Balaban J connectivity index is 2.31. The summed E-state index contributed by atoms with van der Waals surface area (Å²) >= 11 is 0. The van der Waals surface area contributed by atoms with Crippen molar-refractivity contribution < 1.29 is 14.3 Å². The molecule has 0 unspecified atom stereocenters. The standard InChI is InChI=1S/C17H22N2O3/c1-11(17(20)22-5)16-12(2)18-19(13(16)3)10-14-7-6-8-15(9-14)21-4/h6-9,11H,10H2,1-5H3/t11-/m0/s1. The van der Waals surface area contributed by atoms with Crippen molar-refractivity contribution >= 4 is 5.97 Å². The van der Waals surface area contributed by atoms with E-state index in [1.54, 1.807) is 7.11 Å². The molecule has 22 heavy (non-hydrogen) atoms. The molecule has 0 amide bonds. The average Bonchev–Trinajstić information content (AvgIpc) is 2.80. The molecule has 1 aromatic heterocycles. The summed E-state index contributed by atoms with van der Waals surface area (Å²) in [6.45, 7) is 6.38. The van der Waals surface area contributed by atoms with Crippen LogP contribution in [0.25, 0.3) is 0 Å². The minimum Gasteiger partial charge on any atom is -0.497 e. The summed E-state index contributed by atoms with van der Waals surface area (Å²) < 4.78 is 12.0. The second-order valence-corrected chi connectivity index (χ2v) is 5.34. The molecule has 0 aliphatic rings. The molecule has 0 aliphatic heterocycles. The molecule has 0 aliphatic carbocycles. The van der Waals surface area contributed by atoms with Crippen LogP contribution in [0.4, 0.5) is 0 Å². The molecule has 5 nitrogen and oxygen atoms in total. The Kier molecular flexibility index (Phi) is 4.85. The van der Waals surface area contributed by atoms with Gasteiger partial charge in [0.15, 0.2) is 0 Å². The van der Waals surface area contributed by atoms with E-state index in [0.29, 0.717) is 6.54 Å². The number of rotatable bonds is 5. The number of methoxy groups -OCH3 is 2. The minimum atomic E-state index is -0.316. The number of nitrogens with zero attached hydrogens (tertiary/aromatic N) is 2. The molecular formula is C17H22N2O3. The van der Waals surface area contributed by atoms with Crippen molar-refractivity contribution in [2.75, 3.05) is 14.2 Å². The highest BCUT2D eigenvalue weighted by molar-refractivity contribution is 5.78. The van der Waals surface area contributed by atoms with Crippen LogP contribution in [0.2, 0.25) is 0 Å².